The molecule has 1 aromatic heterocycles. The van der Waals surface area contributed by atoms with Crippen LogP contribution in [-0.4, -0.2) is 13.2 Å². The van der Waals surface area contributed by atoms with Crippen molar-refractivity contribution in [3.63, 3.8) is 0 Å². The number of hydrogen-bond acceptors (Lipinski definition) is 3. The van der Waals surface area contributed by atoms with E-state index in [0.29, 0.717) is 6.54 Å². The van der Waals surface area contributed by atoms with Gasteiger partial charge in [-0.1, -0.05) is 0 Å². The van der Waals surface area contributed by atoms with Gasteiger partial charge in [-0.3, -0.25) is 0 Å². The van der Waals surface area contributed by atoms with Crippen LogP contribution in [0.3, 0.4) is 0 Å². The van der Waals surface area contributed by atoms with Gasteiger partial charge in [-0.05, 0) is 23.9 Å². The molecule has 0 aromatic carbocycles. The molecule has 0 saturated heterocycles. The lowest BCUT2D eigenvalue weighted by molar-refractivity contribution is -0.0378. The molecule has 0 amide bonds. The summed E-state index contributed by atoms with van der Waals surface area (Å²) in [5.74, 6) is 0. The minimum absolute atomic E-state index is 0.229. The minimum atomic E-state index is -0.229. The second-order valence-corrected chi connectivity index (χ2v) is 4.29. The Balaban J connectivity index is 2.44. The van der Waals surface area contributed by atoms with Crippen molar-refractivity contribution >= 4 is 11.3 Å². The molecular formula is C9H13NOS. The van der Waals surface area contributed by atoms with Gasteiger partial charge in [0.05, 0.1) is 6.61 Å². The molecule has 0 radical (unpaired) electrons. The van der Waals surface area contributed by atoms with E-state index < -0.39 is 0 Å². The van der Waals surface area contributed by atoms with Crippen LogP contribution in [0.4, 0.5) is 0 Å². The predicted molar refractivity (Wildman–Crippen MR) is 50.4 cm³/mol. The van der Waals surface area contributed by atoms with Crippen molar-refractivity contribution in [3.8, 4) is 0 Å². The summed E-state index contributed by atoms with van der Waals surface area (Å²) in [6.07, 6.45) is 1.04. The summed E-state index contributed by atoms with van der Waals surface area (Å²) in [7, 11) is 0. The first-order valence-corrected chi connectivity index (χ1v) is 5.05. The fourth-order valence-electron chi connectivity index (χ4n) is 1.62. The number of hydrogen-bond donors (Lipinski definition) is 1. The molecule has 2 heterocycles. The van der Waals surface area contributed by atoms with E-state index in [4.69, 9.17) is 10.5 Å². The molecule has 0 saturated carbocycles. The van der Waals surface area contributed by atoms with Crippen molar-refractivity contribution < 1.29 is 4.74 Å². The van der Waals surface area contributed by atoms with Gasteiger partial charge in [-0.25, -0.2) is 0 Å². The Kier molecular flexibility index (Phi) is 1.94. The molecule has 3 heteroatoms. The second-order valence-electron chi connectivity index (χ2n) is 3.29. The maximum Gasteiger partial charge on any atom is 0.104 e. The summed E-state index contributed by atoms with van der Waals surface area (Å²) >= 11 is 1.81. The normalized spacial score (nSPS) is 28.5. The van der Waals surface area contributed by atoms with Crippen molar-refractivity contribution in [2.24, 2.45) is 5.73 Å². The molecule has 12 heavy (non-hydrogen) atoms. The topological polar surface area (TPSA) is 35.2 Å². The second kappa shape index (κ2) is 2.83. The summed E-state index contributed by atoms with van der Waals surface area (Å²) in [5.41, 5.74) is 6.76. The van der Waals surface area contributed by atoms with Crippen LogP contribution >= 0.6 is 11.3 Å². The summed E-state index contributed by atoms with van der Waals surface area (Å²) < 4.78 is 5.68. The van der Waals surface area contributed by atoms with E-state index in [1.54, 1.807) is 0 Å². The van der Waals surface area contributed by atoms with Crippen LogP contribution in [0.2, 0.25) is 0 Å². The van der Waals surface area contributed by atoms with E-state index in [9.17, 15) is 0 Å². The summed E-state index contributed by atoms with van der Waals surface area (Å²) in [4.78, 5) is 1.44. The first-order chi connectivity index (χ1) is 5.76. The Bertz CT molecular complexity index is 284. The highest BCUT2D eigenvalue weighted by Gasteiger charge is 2.32. The lowest BCUT2D eigenvalue weighted by Crippen LogP contribution is -2.38. The standard InChI is InChI=1S/C9H13NOS/c1-9(6-10)7-3-5-12-8(7)2-4-11-9/h3,5H,2,4,6,10H2,1H3. The van der Waals surface area contributed by atoms with Gasteiger partial charge in [0, 0.05) is 17.8 Å². The number of thiophene rings is 1. The summed E-state index contributed by atoms with van der Waals surface area (Å²) in [6.45, 7) is 3.44. The van der Waals surface area contributed by atoms with Gasteiger partial charge in [0.2, 0.25) is 0 Å². The lowest BCUT2D eigenvalue weighted by atomic mass is 9.93. The molecule has 1 aliphatic rings. The van der Waals surface area contributed by atoms with Crippen LogP contribution in [0.1, 0.15) is 17.4 Å². The van der Waals surface area contributed by atoms with Gasteiger partial charge in [0.15, 0.2) is 0 Å². The molecule has 1 atom stereocenters. The third kappa shape index (κ3) is 1.09. The zero-order valence-corrected chi connectivity index (χ0v) is 7.99. The maximum absolute atomic E-state index is 5.69. The molecule has 66 valence electrons. The lowest BCUT2D eigenvalue weighted by Gasteiger charge is -2.32. The monoisotopic (exact) mass is 183 g/mol. The molecule has 2 N–H and O–H groups in total. The quantitative estimate of drug-likeness (QED) is 0.716. The molecule has 1 unspecified atom stereocenters. The summed E-state index contributed by atoms with van der Waals surface area (Å²) in [6, 6.07) is 2.13. The molecular weight excluding hydrogens is 170 g/mol. The van der Waals surface area contributed by atoms with E-state index in [2.05, 4.69) is 18.4 Å². The number of nitrogens with two attached hydrogens (primary N) is 1. The molecule has 1 aliphatic heterocycles. The fraction of sp³-hybridized carbons (Fsp3) is 0.556. The third-order valence-electron chi connectivity index (χ3n) is 2.45. The Morgan fingerprint density at radius 1 is 1.75 bits per heavy atom. The van der Waals surface area contributed by atoms with E-state index in [1.165, 1.54) is 10.4 Å². The molecule has 1 aromatic rings. The van der Waals surface area contributed by atoms with Crippen LogP contribution in [0, 0.1) is 0 Å². The Morgan fingerprint density at radius 2 is 2.58 bits per heavy atom. The molecule has 2 rings (SSSR count). The fourth-order valence-corrected chi connectivity index (χ4v) is 2.60. The van der Waals surface area contributed by atoms with Crippen molar-refractivity contribution in [1.82, 2.24) is 0 Å². The smallest absolute Gasteiger partial charge is 0.104 e. The first-order valence-electron chi connectivity index (χ1n) is 4.17. The number of fused-ring (bicyclic) bond motifs is 1. The predicted octanol–water partition coefficient (Wildman–Crippen LogP) is 1.49. The molecule has 2 nitrogen and oxygen atoms in total. The molecule has 0 fully saturated rings. The highest BCUT2D eigenvalue weighted by molar-refractivity contribution is 7.10. The van der Waals surface area contributed by atoms with Gasteiger partial charge in [0.1, 0.15) is 5.60 Å². The van der Waals surface area contributed by atoms with Gasteiger partial charge in [-0.15, -0.1) is 11.3 Å². The zero-order chi connectivity index (χ0) is 8.60. The van der Waals surface area contributed by atoms with Gasteiger partial charge in [-0.2, -0.15) is 0 Å². The largest absolute Gasteiger partial charge is 0.369 e. The Hall–Kier alpha value is -0.380. The average Bonchev–Trinajstić information content (AvgIpc) is 2.54. The van der Waals surface area contributed by atoms with E-state index in [1.807, 2.05) is 11.3 Å². The summed E-state index contributed by atoms with van der Waals surface area (Å²) in [5, 5.41) is 2.12. The zero-order valence-electron chi connectivity index (χ0n) is 7.17. The van der Waals surface area contributed by atoms with E-state index >= 15 is 0 Å². The van der Waals surface area contributed by atoms with Crippen LogP contribution < -0.4 is 5.73 Å². The average molecular weight is 183 g/mol. The Morgan fingerprint density at radius 3 is 3.33 bits per heavy atom. The van der Waals surface area contributed by atoms with Crippen LogP contribution in [0.5, 0.6) is 0 Å². The van der Waals surface area contributed by atoms with Crippen molar-refractivity contribution in [2.75, 3.05) is 13.2 Å². The van der Waals surface area contributed by atoms with Crippen LogP contribution in [0.25, 0.3) is 0 Å². The molecule has 0 aliphatic carbocycles. The number of rotatable bonds is 1. The van der Waals surface area contributed by atoms with Crippen LogP contribution in [-0.2, 0) is 16.8 Å². The first kappa shape index (κ1) is 8.23. The van der Waals surface area contributed by atoms with E-state index in [0.717, 1.165) is 13.0 Å². The highest BCUT2D eigenvalue weighted by Crippen LogP contribution is 2.34. The minimum Gasteiger partial charge on any atom is -0.369 e. The van der Waals surface area contributed by atoms with Gasteiger partial charge >= 0.3 is 0 Å². The van der Waals surface area contributed by atoms with Crippen molar-refractivity contribution in [3.05, 3.63) is 21.9 Å². The number of ether oxygens (including phenoxy) is 1. The van der Waals surface area contributed by atoms with E-state index in [-0.39, 0.29) is 5.60 Å². The highest BCUT2D eigenvalue weighted by atomic mass is 32.1. The molecule has 0 spiro atoms. The maximum atomic E-state index is 5.69. The van der Waals surface area contributed by atoms with Crippen molar-refractivity contribution in [2.45, 2.75) is 18.9 Å². The third-order valence-corrected chi connectivity index (χ3v) is 3.44. The molecule has 0 bridgehead atoms. The van der Waals surface area contributed by atoms with Gasteiger partial charge < -0.3 is 10.5 Å². The van der Waals surface area contributed by atoms with Gasteiger partial charge in [0.25, 0.3) is 0 Å². The van der Waals surface area contributed by atoms with Crippen LogP contribution in [0.15, 0.2) is 11.4 Å². The SMILES string of the molecule is CC1(CN)OCCc2sccc21. The van der Waals surface area contributed by atoms with Crippen molar-refractivity contribution in [1.29, 1.82) is 0 Å². The Labute approximate surface area is 76.3 Å².